The maximum absolute atomic E-state index is 13.9. The van der Waals surface area contributed by atoms with E-state index >= 15 is 0 Å². The topological polar surface area (TPSA) is 93.9 Å². The Balaban J connectivity index is 1.59. The largest absolute Gasteiger partial charge is 0.420 e. The maximum atomic E-state index is 13.9. The number of carbonyl (C=O) groups excluding carboxylic acids is 4. The number of rotatable bonds is 13. The number of halogens is 2. The predicted molar refractivity (Wildman–Crippen MR) is 177 cm³/mol. The van der Waals surface area contributed by atoms with Gasteiger partial charge in [0.15, 0.2) is 5.75 Å². The fourth-order valence-corrected chi connectivity index (χ4v) is 6.96. The van der Waals surface area contributed by atoms with Crippen molar-refractivity contribution in [3.63, 3.8) is 0 Å². The molecular formula is C35H35Br2N2O6+. The number of hydroxylamine groups is 2. The van der Waals surface area contributed by atoms with Crippen molar-refractivity contribution in [2.24, 2.45) is 0 Å². The Morgan fingerprint density at radius 3 is 1.89 bits per heavy atom. The minimum atomic E-state index is -0.862. The van der Waals surface area contributed by atoms with Gasteiger partial charge in [-0.05, 0) is 62.5 Å². The molecule has 0 aliphatic carbocycles. The van der Waals surface area contributed by atoms with Gasteiger partial charge in [-0.2, -0.15) is 4.57 Å². The standard InChI is InChI=1S/C35H35Br2N2O6/c1-2-3-4-5-6-7-8-20-29(34(42)45-39-30(40)21-22-31(39)41)38-27-18-11-9-14-23(27)32(24-15-10-12-19-28(24)38)35(43)44-33-25(36)16-13-17-26(33)37/h9-19,29H,2-8,20-22H2,1H3/q+1. The second-order valence-corrected chi connectivity index (χ2v) is 12.8. The van der Waals surface area contributed by atoms with Gasteiger partial charge in [0.25, 0.3) is 17.9 Å². The van der Waals surface area contributed by atoms with E-state index in [1.54, 1.807) is 12.1 Å². The minimum absolute atomic E-state index is 0.0119. The molecule has 2 heterocycles. The summed E-state index contributed by atoms with van der Waals surface area (Å²) in [5, 5.41) is 1.79. The lowest BCUT2D eigenvalue weighted by atomic mass is 9.99. The fourth-order valence-electron chi connectivity index (χ4n) is 5.80. The molecule has 45 heavy (non-hydrogen) atoms. The van der Waals surface area contributed by atoms with Gasteiger partial charge in [0.1, 0.15) is 0 Å². The van der Waals surface area contributed by atoms with Crippen LogP contribution in [0, 0.1) is 0 Å². The Bertz CT molecular complexity index is 1660. The number of ether oxygens (including phenoxy) is 1. The van der Waals surface area contributed by atoms with Gasteiger partial charge < -0.3 is 9.57 Å². The van der Waals surface area contributed by atoms with E-state index in [0.29, 0.717) is 53.5 Å². The van der Waals surface area contributed by atoms with Crippen molar-refractivity contribution in [2.45, 2.75) is 77.2 Å². The van der Waals surface area contributed by atoms with E-state index in [-0.39, 0.29) is 12.8 Å². The molecule has 1 aliphatic heterocycles. The number of hydrogen-bond acceptors (Lipinski definition) is 6. The van der Waals surface area contributed by atoms with Crippen LogP contribution in [0.15, 0.2) is 75.7 Å². The normalized spacial score (nSPS) is 13.9. The van der Waals surface area contributed by atoms with Crippen LogP contribution >= 0.6 is 31.9 Å². The number of unbranched alkanes of at least 4 members (excludes halogenated alkanes) is 6. The predicted octanol–water partition coefficient (Wildman–Crippen LogP) is 8.31. The molecule has 10 heteroatoms. The van der Waals surface area contributed by atoms with Gasteiger partial charge in [-0.1, -0.05) is 75.8 Å². The molecule has 1 fully saturated rings. The summed E-state index contributed by atoms with van der Waals surface area (Å²) in [5.41, 5.74) is 1.60. The summed E-state index contributed by atoms with van der Waals surface area (Å²) in [6.07, 6.45) is 7.84. The van der Waals surface area contributed by atoms with Crippen LogP contribution < -0.4 is 9.30 Å². The lowest BCUT2D eigenvalue weighted by molar-refractivity contribution is -0.662. The van der Waals surface area contributed by atoms with E-state index in [4.69, 9.17) is 9.57 Å². The van der Waals surface area contributed by atoms with Gasteiger partial charge in [-0.3, -0.25) is 9.59 Å². The van der Waals surface area contributed by atoms with Crippen LogP contribution in [0.5, 0.6) is 5.75 Å². The molecule has 0 radical (unpaired) electrons. The zero-order valence-electron chi connectivity index (χ0n) is 25.1. The van der Waals surface area contributed by atoms with E-state index in [1.807, 2.05) is 59.2 Å². The van der Waals surface area contributed by atoms with E-state index in [1.165, 1.54) is 19.3 Å². The molecule has 5 rings (SSSR count). The van der Waals surface area contributed by atoms with Crippen molar-refractivity contribution in [1.82, 2.24) is 5.06 Å². The molecular weight excluding hydrogens is 704 g/mol. The summed E-state index contributed by atoms with van der Waals surface area (Å²) in [7, 11) is 0. The molecule has 1 aliphatic rings. The highest BCUT2D eigenvalue weighted by atomic mass is 79.9. The SMILES string of the molecule is CCCCCCCCCC(C(=O)ON1C(=O)CCC1=O)[n+]1c2ccccc2c(C(=O)Oc2c(Br)cccc2Br)c2ccccc21. The summed E-state index contributed by atoms with van der Waals surface area (Å²) in [6, 6.07) is 19.3. The molecule has 0 spiro atoms. The van der Waals surface area contributed by atoms with Crippen LogP contribution in [-0.4, -0.2) is 28.8 Å². The molecule has 0 saturated carbocycles. The number of benzene rings is 3. The molecule has 3 aromatic carbocycles. The molecule has 4 aromatic rings. The molecule has 8 nitrogen and oxygen atoms in total. The molecule has 234 valence electrons. The average Bonchev–Trinajstić information content (AvgIpc) is 3.35. The number of imide groups is 1. The number of pyridine rings is 1. The Kier molecular flexibility index (Phi) is 11.0. The smallest absolute Gasteiger partial charge is 0.401 e. The highest BCUT2D eigenvalue weighted by Crippen LogP contribution is 2.35. The number of esters is 1. The van der Waals surface area contributed by atoms with Gasteiger partial charge in [0, 0.05) is 31.4 Å². The lowest BCUT2D eigenvalue weighted by Crippen LogP contribution is -2.48. The molecule has 1 aromatic heterocycles. The third-order valence-corrected chi connectivity index (χ3v) is 9.28. The van der Waals surface area contributed by atoms with Crippen molar-refractivity contribution in [3.05, 3.63) is 81.2 Å². The average molecular weight is 739 g/mol. The van der Waals surface area contributed by atoms with Crippen LogP contribution in [0.3, 0.4) is 0 Å². The van der Waals surface area contributed by atoms with E-state index in [9.17, 15) is 19.2 Å². The number of carbonyl (C=O) groups is 4. The van der Waals surface area contributed by atoms with Crippen molar-refractivity contribution in [1.29, 1.82) is 0 Å². The maximum Gasteiger partial charge on any atom is 0.401 e. The zero-order valence-corrected chi connectivity index (χ0v) is 28.3. The van der Waals surface area contributed by atoms with Crippen molar-refractivity contribution < 1.29 is 33.3 Å². The number of aromatic nitrogens is 1. The summed E-state index contributed by atoms with van der Waals surface area (Å²) >= 11 is 6.94. The van der Waals surface area contributed by atoms with E-state index < -0.39 is 29.8 Å². The summed E-state index contributed by atoms with van der Waals surface area (Å²) in [4.78, 5) is 58.1. The highest BCUT2D eigenvalue weighted by molar-refractivity contribution is 9.11. The number of hydrogen-bond donors (Lipinski definition) is 0. The Morgan fingerprint density at radius 1 is 0.778 bits per heavy atom. The minimum Gasteiger partial charge on any atom is -0.420 e. The fraction of sp³-hybridized carbons (Fsp3) is 0.343. The van der Waals surface area contributed by atoms with Crippen molar-refractivity contribution in [3.8, 4) is 5.75 Å². The van der Waals surface area contributed by atoms with Crippen LogP contribution in [0.2, 0.25) is 0 Å². The van der Waals surface area contributed by atoms with Crippen LogP contribution in [0.1, 0.15) is 87.5 Å². The molecule has 1 atom stereocenters. The van der Waals surface area contributed by atoms with Gasteiger partial charge in [-0.25, -0.2) is 9.59 Å². The molecule has 0 bridgehead atoms. The third kappa shape index (κ3) is 7.28. The number of amides is 2. The Labute approximate surface area is 278 Å². The van der Waals surface area contributed by atoms with E-state index in [2.05, 4.69) is 38.8 Å². The third-order valence-electron chi connectivity index (χ3n) is 8.04. The molecule has 0 N–H and O–H groups in total. The Hall–Kier alpha value is -3.63. The first kappa shape index (κ1) is 32.8. The van der Waals surface area contributed by atoms with Gasteiger partial charge in [0.2, 0.25) is 11.0 Å². The first-order valence-electron chi connectivity index (χ1n) is 15.4. The number of fused-ring (bicyclic) bond motifs is 2. The number of nitrogens with zero attached hydrogens (tertiary/aromatic N) is 2. The van der Waals surface area contributed by atoms with Crippen molar-refractivity contribution in [2.75, 3.05) is 0 Å². The monoisotopic (exact) mass is 737 g/mol. The van der Waals surface area contributed by atoms with Crippen LogP contribution in [0.4, 0.5) is 0 Å². The first-order valence-corrected chi connectivity index (χ1v) is 17.0. The molecule has 2 amide bonds. The van der Waals surface area contributed by atoms with Gasteiger partial charge >= 0.3 is 11.9 Å². The molecule has 1 saturated heterocycles. The van der Waals surface area contributed by atoms with Gasteiger partial charge in [0.05, 0.1) is 25.3 Å². The summed E-state index contributed by atoms with van der Waals surface area (Å²) in [5.74, 6) is -1.95. The first-order chi connectivity index (χ1) is 21.8. The van der Waals surface area contributed by atoms with Crippen molar-refractivity contribution >= 4 is 77.4 Å². The lowest BCUT2D eigenvalue weighted by Gasteiger charge is -2.19. The van der Waals surface area contributed by atoms with E-state index in [0.717, 1.165) is 25.7 Å². The number of para-hydroxylation sites is 3. The summed E-state index contributed by atoms with van der Waals surface area (Å²) in [6.45, 7) is 2.18. The second-order valence-electron chi connectivity index (χ2n) is 11.1. The summed E-state index contributed by atoms with van der Waals surface area (Å²) < 4.78 is 9.06. The second kappa shape index (κ2) is 15.1. The van der Waals surface area contributed by atoms with Crippen LogP contribution in [0.25, 0.3) is 21.8 Å². The zero-order chi connectivity index (χ0) is 31.9. The van der Waals surface area contributed by atoms with Crippen LogP contribution in [-0.2, 0) is 19.2 Å². The molecule has 1 unspecified atom stereocenters. The van der Waals surface area contributed by atoms with Gasteiger partial charge in [-0.15, -0.1) is 5.06 Å². The Morgan fingerprint density at radius 2 is 1.31 bits per heavy atom. The highest BCUT2D eigenvalue weighted by Gasteiger charge is 2.40. The quantitative estimate of drug-likeness (QED) is 0.0342.